The Morgan fingerprint density at radius 1 is 1.30 bits per heavy atom. The quantitative estimate of drug-likeness (QED) is 0.640. The summed E-state index contributed by atoms with van der Waals surface area (Å²) in [6.45, 7) is 0.238. The highest BCUT2D eigenvalue weighted by atomic mass is 79.9. The van der Waals surface area contributed by atoms with Crippen molar-refractivity contribution in [3.05, 3.63) is 28.7 Å². The minimum Gasteiger partial charge on any atom is -0.378 e. The van der Waals surface area contributed by atoms with Gasteiger partial charge in [0.2, 0.25) is 10.0 Å². The van der Waals surface area contributed by atoms with Gasteiger partial charge in [0.05, 0.1) is 4.90 Å². The van der Waals surface area contributed by atoms with Crippen molar-refractivity contribution in [2.24, 2.45) is 0 Å². The lowest BCUT2D eigenvalue weighted by Crippen LogP contribution is -2.34. The number of hydrogen-bond donors (Lipinski definition) is 2. The summed E-state index contributed by atoms with van der Waals surface area (Å²) in [5.41, 5.74) is -0.829. The minimum atomic E-state index is -3.49. The van der Waals surface area contributed by atoms with Gasteiger partial charge in [-0.25, -0.2) is 13.1 Å². The number of benzene rings is 1. The van der Waals surface area contributed by atoms with Gasteiger partial charge in [-0.05, 0) is 43.5 Å². The molecule has 0 radical (unpaired) electrons. The average molecular weight is 358 g/mol. The van der Waals surface area contributed by atoms with Crippen LogP contribution in [0.15, 0.2) is 33.6 Å². The maximum atomic E-state index is 11.9. The fraction of sp³-hybridized carbons (Fsp3) is 0.429. The maximum Gasteiger partial charge on any atom is 0.240 e. The lowest BCUT2D eigenvalue weighted by molar-refractivity contribution is 0.0239. The van der Waals surface area contributed by atoms with Gasteiger partial charge < -0.3 is 5.11 Å². The zero-order valence-electron chi connectivity index (χ0n) is 10.9. The third kappa shape index (κ3) is 4.06. The van der Waals surface area contributed by atoms with Crippen LogP contribution in [0, 0.1) is 11.8 Å². The summed E-state index contributed by atoms with van der Waals surface area (Å²) >= 11 is 3.26. The molecule has 1 aromatic carbocycles. The van der Waals surface area contributed by atoms with Gasteiger partial charge in [0, 0.05) is 17.4 Å². The molecule has 108 valence electrons. The Balaban J connectivity index is 1.85. The van der Waals surface area contributed by atoms with E-state index in [-0.39, 0.29) is 11.4 Å². The molecule has 0 heterocycles. The highest BCUT2D eigenvalue weighted by molar-refractivity contribution is 9.10. The molecule has 0 aromatic heterocycles. The number of rotatable bonds is 4. The second-order valence-corrected chi connectivity index (χ2v) is 7.47. The third-order valence-corrected chi connectivity index (χ3v) is 5.17. The van der Waals surface area contributed by atoms with Gasteiger partial charge in [-0.2, -0.15) is 0 Å². The van der Waals surface area contributed by atoms with E-state index in [1.165, 1.54) is 12.1 Å². The highest BCUT2D eigenvalue weighted by Crippen LogP contribution is 2.30. The van der Waals surface area contributed by atoms with Crippen LogP contribution in [0.2, 0.25) is 0 Å². The molecule has 0 atom stereocenters. The number of nitrogens with one attached hydrogen (secondary N) is 1. The Morgan fingerprint density at radius 3 is 2.50 bits per heavy atom. The Kier molecular flexibility index (Phi) is 4.86. The third-order valence-electron chi connectivity index (χ3n) is 3.17. The zero-order valence-corrected chi connectivity index (χ0v) is 13.3. The van der Waals surface area contributed by atoms with Gasteiger partial charge in [0.25, 0.3) is 0 Å². The summed E-state index contributed by atoms with van der Waals surface area (Å²) in [4.78, 5) is 0.228. The predicted octanol–water partition coefficient (Wildman–Crippen LogP) is 2.04. The SMILES string of the molecule is O=S(=O)(NCCC#CC1(O)CCC1)c1ccc(Br)cc1. The molecule has 4 nitrogen and oxygen atoms in total. The van der Waals surface area contributed by atoms with Gasteiger partial charge in [0.1, 0.15) is 5.60 Å². The molecule has 1 aromatic rings. The molecule has 0 unspecified atom stereocenters. The minimum absolute atomic E-state index is 0.228. The molecular formula is C14H16BrNO3S. The summed E-state index contributed by atoms with van der Waals surface area (Å²) in [5.74, 6) is 5.62. The molecule has 2 rings (SSSR count). The molecule has 0 saturated heterocycles. The highest BCUT2D eigenvalue weighted by Gasteiger charge is 2.31. The monoisotopic (exact) mass is 357 g/mol. The van der Waals surface area contributed by atoms with Gasteiger partial charge in [-0.3, -0.25) is 0 Å². The molecule has 1 saturated carbocycles. The smallest absolute Gasteiger partial charge is 0.240 e. The Hall–Kier alpha value is -0.870. The average Bonchev–Trinajstić information content (AvgIpc) is 2.36. The molecule has 6 heteroatoms. The topological polar surface area (TPSA) is 66.4 Å². The first-order valence-electron chi connectivity index (χ1n) is 6.39. The van der Waals surface area contributed by atoms with E-state index in [4.69, 9.17) is 0 Å². The van der Waals surface area contributed by atoms with Crippen molar-refractivity contribution >= 4 is 26.0 Å². The summed E-state index contributed by atoms with van der Waals surface area (Å²) in [5, 5.41) is 9.76. The molecule has 1 fully saturated rings. The zero-order chi connectivity index (χ0) is 14.6. The number of sulfonamides is 1. The van der Waals surface area contributed by atoms with Crippen LogP contribution in [0.5, 0.6) is 0 Å². The van der Waals surface area contributed by atoms with Crippen LogP contribution in [0.4, 0.5) is 0 Å². The van der Waals surface area contributed by atoms with E-state index in [2.05, 4.69) is 32.5 Å². The van der Waals surface area contributed by atoms with E-state index in [0.29, 0.717) is 19.3 Å². The molecule has 1 aliphatic carbocycles. The first-order valence-corrected chi connectivity index (χ1v) is 8.67. The van der Waals surface area contributed by atoms with Crippen molar-refractivity contribution in [2.75, 3.05) is 6.54 Å². The summed E-state index contributed by atoms with van der Waals surface area (Å²) in [6, 6.07) is 6.44. The lowest BCUT2D eigenvalue weighted by atomic mass is 9.81. The Bertz CT molecular complexity index is 625. The lowest BCUT2D eigenvalue weighted by Gasteiger charge is -2.30. The van der Waals surface area contributed by atoms with E-state index in [9.17, 15) is 13.5 Å². The second kappa shape index (κ2) is 6.27. The summed E-state index contributed by atoms with van der Waals surface area (Å²) in [7, 11) is -3.49. The maximum absolute atomic E-state index is 11.9. The standard InChI is InChI=1S/C14H16BrNO3S/c15-12-4-6-13(7-5-12)20(18,19)16-11-2-1-8-14(17)9-3-10-14/h4-7,16-17H,2-3,9-11H2. The van der Waals surface area contributed by atoms with Crippen molar-refractivity contribution < 1.29 is 13.5 Å². The van der Waals surface area contributed by atoms with E-state index in [1.54, 1.807) is 12.1 Å². The fourth-order valence-electron chi connectivity index (χ4n) is 1.81. The Labute approximate surface area is 127 Å². The predicted molar refractivity (Wildman–Crippen MR) is 80.5 cm³/mol. The van der Waals surface area contributed by atoms with E-state index in [1.807, 2.05) is 0 Å². The van der Waals surface area contributed by atoms with Crippen molar-refractivity contribution in [2.45, 2.75) is 36.2 Å². The molecule has 0 amide bonds. The van der Waals surface area contributed by atoms with Crippen LogP contribution in [-0.2, 0) is 10.0 Å². The van der Waals surface area contributed by atoms with E-state index < -0.39 is 15.6 Å². The Morgan fingerprint density at radius 2 is 1.95 bits per heavy atom. The summed E-state index contributed by atoms with van der Waals surface area (Å²) < 4.78 is 27.2. The molecule has 0 spiro atoms. The van der Waals surface area contributed by atoms with Crippen LogP contribution < -0.4 is 4.72 Å². The van der Waals surface area contributed by atoms with Crippen molar-refractivity contribution in [1.82, 2.24) is 4.72 Å². The van der Waals surface area contributed by atoms with Crippen LogP contribution in [0.3, 0.4) is 0 Å². The van der Waals surface area contributed by atoms with E-state index in [0.717, 1.165) is 10.9 Å². The molecule has 0 aliphatic heterocycles. The number of halogens is 1. The van der Waals surface area contributed by atoms with Crippen molar-refractivity contribution in [3.8, 4) is 11.8 Å². The molecule has 20 heavy (non-hydrogen) atoms. The van der Waals surface area contributed by atoms with Gasteiger partial charge in [-0.15, -0.1) is 0 Å². The van der Waals surface area contributed by atoms with Crippen LogP contribution >= 0.6 is 15.9 Å². The van der Waals surface area contributed by atoms with E-state index >= 15 is 0 Å². The van der Waals surface area contributed by atoms with Crippen LogP contribution in [0.1, 0.15) is 25.7 Å². The molecule has 2 N–H and O–H groups in total. The first-order chi connectivity index (χ1) is 9.41. The van der Waals surface area contributed by atoms with Crippen LogP contribution in [0.25, 0.3) is 0 Å². The van der Waals surface area contributed by atoms with Gasteiger partial charge in [-0.1, -0.05) is 27.8 Å². The number of hydrogen-bond acceptors (Lipinski definition) is 3. The van der Waals surface area contributed by atoms with Crippen LogP contribution in [-0.4, -0.2) is 25.7 Å². The largest absolute Gasteiger partial charge is 0.378 e. The first kappa shape index (κ1) is 15.5. The second-order valence-electron chi connectivity index (χ2n) is 4.79. The van der Waals surface area contributed by atoms with Gasteiger partial charge in [0.15, 0.2) is 0 Å². The normalized spacial score (nSPS) is 16.9. The van der Waals surface area contributed by atoms with Crippen molar-refractivity contribution in [3.63, 3.8) is 0 Å². The summed E-state index contributed by atoms with van der Waals surface area (Å²) in [6.07, 6.45) is 2.81. The molecule has 1 aliphatic rings. The molecular weight excluding hydrogens is 342 g/mol. The molecule has 0 bridgehead atoms. The van der Waals surface area contributed by atoms with Gasteiger partial charge >= 0.3 is 0 Å². The number of aliphatic hydroxyl groups is 1. The van der Waals surface area contributed by atoms with Crippen molar-refractivity contribution in [1.29, 1.82) is 0 Å². The fourth-order valence-corrected chi connectivity index (χ4v) is 3.10.